The van der Waals surface area contributed by atoms with Gasteiger partial charge < -0.3 is 15.8 Å². The number of ether oxygens (including phenoxy) is 1. The maximum absolute atomic E-state index is 12.0. The van der Waals surface area contributed by atoms with Crippen LogP contribution in [0, 0.1) is 6.92 Å². The summed E-state index contributed by atoms with van der Waals surface area (Å²) in [5, 5.41) is 2.82. The highest BCUT2D eigenvalue weighted by molar-refractivity contribution is 5.98. The number of amides is 1. The predicted octanol–water partition coefficient (Wildman–Crippen LogP) is 2.46. The molecule has 18 heavy (non-hydrogen) atoms. The Morgan fingerprint density at radius 1 is 1.44 bits per heavy atom. The zero-order chi connectivity index (χ0) is 13.8. The summed E-state index contributed by atoms with van der Waals surface area (Å²) in [4.78, 5) is 12.0. The van der Waals surface area contributed by atoms with E-state index in [9.17, 15) is 4.79 Å². The zero-order valence-corrected chi connectivity index (χ0v) is 11.5. The minimum Gasteiger partial charge on any atom is -0.492 e. The topological polar surface area (TPSA) is 64.3 Å². The maximum atomic E-state index is 12.0. The van der Waals surface area contributed by atoms with Crippen molar-refractivity contribution in [2.75, 3.05) is 11.9 Å². The van der Waals surface area contributed by atoms with Gasteiger partial charge in [0.2, 0.25) is 5.91 Å². The summed E-state index contributed by atoms with van der Waals surface area (Å²) in [5.41, 5.74) is 6.79. The third-order valence-electron chi connectivity index (χ3n) is 2.94. The van der Waals surface area contributed by atoms with Crippen LogP contribution in [0.1, 0.15) is 32.8 Å². The first-order valence-corrected chi connectivity index (χ1v) is 6.24. The van der Waals surface area contributed by atoms with Crippen molar-refractivity contribution in [3.8, 4) is 5.75 Å². The summed E-state index contributed by atoms with van der Waals surface area (Å²) >= 11 is 0. The van der Waals surface area contributed by atoms with Crippen molar-refractivity contribution < 1.29 is 9.53 Å². The smallest absolute Gasteiger partial charge is 0.244 e. The summed E-state index contributed by atoms with van der Waals surface area (Å²) < 4.78 is 5.51. The second-order valence-electron chi connectivity index (χ2n) is 4.66. The van der Waals surface area contributed by atoms with Crippen molar-refractivity contribution in [1.29, 1.82) is 0 Å². The van der Waals surface area contributed by atoms with Crippen LogP contribution in [0.3, 0.4) is 0 Å². The van der Waals surface area contributed by atoms with E-state index in [0.717, 1.165) is 5.56 Å². The summed E-state index contributed by atoms with van der Waals surface area (Å²) in [6, 6.07) is 5.67. The molecule has 0 radical (unpaired) electrons. The van der Waals surface area contributed by atoms with Crippen molar-refractivity contribution in [2.45, 2.75) is 39.7 Å². The van der Waals surface area contributed by atoms with Gasteiger partial charge in [0, 0.05) is 0 Å². The van der Waals surface area contributed by atoms with Gasteiger partial charge in [0.15, 0.2) is 0 Å². The van der Waals surface area contributed by atoms with E-state index < -0.39 is 5.54 Å². The van der Waals surface area contributed by atoms with Gasteiger partial charge in [-0.25, -0.2) is 0 Å². The highest BCUT2D eigenvalue weighted by atomic mass is 16.5. The lowest BCUT2D eigenvalue weighted by atomic mass is 9.99. The Bertz CT molecular complexity index is 428. The zero-order valence-electron chi connectivity index (χ0n) is 11.5. The van der Waals surface area contributed by atoms with Crippen molar-refractivity contribution in [3.63, 3.8) is 0 Å². The number of hydrogen-bond donors (Lipinski definition) is 2. The number of nitrogens with two attached hydrogens (primary N) is 1. The van der Waals surface area contributed by atoms with E-state index >= 15 is 0 Å². The lowest BCUT2D eigenvalue weighted by molar-refractivity contribution is -0.120. The first-order chi connectivity index (χ1) is 8.40. The standard InChI is InChI=1S/C14H22N2O2/c1-5-14(4,15)13(17)16-11-8-7-10(3)9-12(11)18-6-2/h7-9H,5-6,15H2,1-4H3,(H,16,17). The minimum absolute atomic E-state index is 0.199. The Morgan fingerprint density at radius 3 is 2.67 bits per heavy atom. The molecule has 0 aliphatic heterocycles. The monoisotopic (exact) mass is 250 g/mol. The van der Waals surface area contributed by atoms with Crippen molar-refractivity contribution in [2.24, 2.45) is 5.73 Å². The van der Waals surface area contributed by atoms with Crippen LogP contribution in [0.4, 0.5) is 5.69 Å². The molecule has 1 aromatic carbocycles. The van der Waals surface area contributed by atoms with Gasteiger partial charge in [0.25, 0.3) is 0 Å². The largest absolute Gasteiger partial charge is 0.492 e. The number of carbonyl (C=O) groups is 1. The Kier molecular flexibility index (Phi) is 4.73. The van der Waals surface area contributed by atoms with Gasteiger partial charge in [0.05, 0.1) is 17.8 Å². The van der Waals surface area contributed by atoms with E-state index in [1.165, 1.54) is 0 Å². The molecule has 100 valence electrons. The molecule has 0 aliphatic carbocycles. The van der Waals surface area contributed by atoms with Gasteiger partial charge in [-0.15, -0.1) is 0 Å². The Morgan fingerprint density at radius 2 is 2.11 bits per heavy atom. The SMILES string of the molecule is CCOc1cc(C)ccc1NC(=O)C(C)(N)CC. The first-order valence-electron chi connectivity index (χ1n) is 6.24. The second-order valence-corrected chi connectivity index (χ2v) is 4.66. The Hall–Kier alpha value is -1.55. The summed E-state index contributed by atoms with van der Waals surface area (Å²) in [6.45, 7) is 8.05. The van der Waals surface area contributed by atoms with Gasteiger partial charge in [-0.1, -0.05) is 13.0 Å². The molecular weight excluding hydrogens is 228 g/mol. The first kappa shape index (κ1) is 14.5. The van der Waals surface area contributed by atoms with E-state index in [1.807, 2.05) is 39.0 Å². The molecule has 0 fully saturated rings. The average Bonchev–Trinajstić information content (AvgIpc) is 2.32. The molecule has 1 atom stereocenters. The van der Waals surface area contributed by atoms with Gasteiger partial charge in [-0.3, -0.25) is 4.79 Å². The fraction of sp³-hybridized carbons (Fsp3) is 0.500. The van der Waals surface area contributed by atoms with Crippen molar-refractivity contribution >= 4 is 11.6 Å². The summed E-state index contributed by atoms with van der Waals surface area (Å²) in [6.07, 6.45) is 0.578. The molecule has 1 unspecified atom stereocenters. The minimum atomic E-state index is -0.867. The maximum Gasteiger partial charge on any atom is 0.244 e. The number of anilines is 1. The quantitative estimate of drug-likeness (QED) is 0.843. The molecule has 1 amide bonds. The van der Waals surface area contributed by atoms with Crippen LogP contribution < -0.4 is 15.8 Å². The highest BCUT2D eigenvalue weighted by Crippen LogP contribution is 2.26. The fourth-order valence-electron chi connectivity index (χ4n) is 1.43. The fourth-order valence-corrected chi connectivity index (χ4v) is 1.43. The molecule has 0 heterocycles. The number of nitrogens with one attached hydrogen (secondary N) is 1. The van der Waals surface area contributed by atoms with Crippen LogP contribution in [0.25, 0.3) is 0 Å². The van der Waals surface area contributed by atoms with Crippen molar-refractivity contribution in [3.05, 3.63) is 23.8 Å². The lowest BCUT2D eigenvalue weighted by Crippen LogP contribution is -2.47. The molecule has 0 aliphatic rings. The predicted molar refractivity (Wildman–Crippen MR) is 73.9 cm³/mol. The average molecular weight is 250 g/mol. The van der Waals surface area contributed by atoms with E-state index in [1.54, 1.807) is 6.92 Å². The number of benzene rings is 1. The van der Waals surface area contributed by atoms with E-state index in [-0.39, 0.29) is 5.91 Å². The molecule has 0 saturated carbocycles. The van der Waals surface area contributed by atoms with Crippen LogP contribution in [-0.4, -0.2) is 18.1 Å². The van der Waals surface area contributed by atoms with Crippen LogP contribution in [0.15, 0.2) is 18.2 Å². The molecule has 0 saturated heterocycles. The molecule has 1 aromatic rings. The van der Waals surface area contributed by atoms with Gasteiger partial charge in [0.1, 0.15) is 5.75 Å². The summed E-state index contributed by atoms with van der Waals surface area (Å²) in [7, 11) is 0. The Balaban J connectivity index is 2.93. The molecular formula is C14H22N2O2. The van der Waals surface area contributed by atoms with E-state index in [0.29, 0.717) is 24.5 Å². The molecule has 3 N–H and O–H groups in total. The number of carbonyl (C=O) groups excluding carboxylic acids is 1. The lowest BCUT2D eigenvalue weighted by Gasteiger charge is -2.22. The summed E-state index contributed by atoms with van der Waals surface area (Å²) in [5.74, 6) is 0.479. The van der Waals surface area contributed by atoms with Gasteiger partial charge in [-0.2, -0.15) is 0 Å². The Labute approximate surface area is 109 Å². The van der Waals surface area contributed by atoms with E-state index in [4.69, 9.17) is 10.5 Å². The van der Waals surface area contributed by atoms with Crippen LogP contribution >= 0.6 is 0 Å². The third kappa shape index (κ3) is 3.47. The van der Waals surface area contributed by atoms with Crippen LogP contribution in [0.2, 0.25) is 0 Å². The third-order valence-corrected chi connectivity index (χ3v) is 2.94. The van der Waals surface area contributed by atoms with Crippen LogP contribution in [-0.2, 0) is 4.79 Å². The highest BCUT2D eigenvalue weighted by Gasteiger charge is 2.26. The number of rotatable bonds is 5. The van der Waals surface area contributed by atoms with Crippen molar-refractivity contribution in [1.82, 2.24) is 0 Å². The molecule has 0 bridgehead atoms. The molecule has 0 aromatic heterocycles. The van der Waals surface area contributed by atoms with E-state index in [2.05, 4.69) is 5.32 Å². The number of aryl methyl sites for hydroxylation is 1. The number of hydrogen-bond acceptors (Lipinski definition) is 3. The molecule has 4 nitrogen and oxygen atoms in total. The second kappa shape index (κ2) is 5.87. The van der Waals surface area contributed by atoms with Gasteiger partial charge in [-0.05, 0) is 44.9 Å². The molecule has 1 rings (SSSR count). The van der Waals surface area contributed by atoms with Gasteiger partial charge >= 0.3 is 0 Å². The van der Waals surface area contributed by atoms with Crippen LogP contribution in [0.5, 0.6) is 5.75 Å². The normalized spacial score (nSPS) is 13.8. The molecule has 4 heteroatoms. The molecule has 0 spiro atoms.